The van der Waals surface area contributed by atoms with Gasteiger partial charge in [0.1, 0.15) is 6.61 Å². The molecule has 1 aromatic heterocycles. The number of hydrogen-bond acceptors (Lipinski definition) is 8. The van der Waals surface area contributed by atoms with E-state index >= 15 is 0 Å². The third-order valence-corrected chi connectivity index (χ3v) is 5.11. The summed E-state index contributed by atoms with van der Waals surface area (Å²) in [5, 5.41) is 5.34. The van der Waals surface area contributed by atoms with Crippen LogP contribution in [0.4, 0.5) is 0 Å². The number of para-hydroxylation sites is 1. The third-order valence-electron chi connectivity index (χ3n) is 5.11. The van der Waals surface area contributed by atoms with Crippen molar-refractivity contribution in [1.82, 2.24) is 9.78 Å². The fraction of sp³-hybridized carbons (Fsp3) is 0.400. The van der Waals surface area contributed by atoms with Crippen LogP contribution in [0.25, 0.3) is 10.8 Å². The Bertz CT molecular complexity index is 1190. The van der Waals surface area contributed by atoms with E-state index in [1.165, 1.54) is 18.9 Å². The van der Waals surface area contributed by atoms with Crippen molar-refractivity contribution in [3.63, 3.8) is 0 Å². The summed E-state index contributed by atoms with van der Waals surface area (Å²) in [6, 6.07) is 8.51. The lowest BCUT2D eigenvalue weighted by Gasteiger charge is -2.16. The van der Waals surface area contributed by atoms with E-state index in [4.69, 9.17) is 23.7 Å². The van der Waals surface area contributed by atoms with Crippen molar-refractivity contribution in [2.75, 3.05) is 27.4 Å². The third kappa shape index (κ3) is 5.78. The van der Waals surface area contributed by atoms with Crippen LogP contribution < -0.4 is 29.2 Å². The van der Waals surface area contributed by atoms with Gasteiger partial charge in [0.2, 0.25) is 5.75 Å². The highest BCUT2D eigenvalue weighted by atomic mass is 16.6. The van der Waals surface area contributed by atoms with Gasteiger partial charge in [0.05, 0.1) is 39.0 Å². The maximum atomic E-state index is 12.9. The summed E-state index contributed by atoms with van der Waals surface area (Å²) in [5.74, 6) is 1.65. The van der Waals surface area contributed by atoms with Crippen molar-refractivity contribution >= 4 is 16.7 Å². The minimum Gasteiger partial charge on any atom is -0.493 e. The molecule has 0 bridgehead atoms. The average Bonchev–Trinajstić information content (AvgIpc) is 2.85. The Morgan fingerprint density at radius 1 is 1.00 bits per heavy atom. The van der Waals surface area contributed by atoms with E-state index in [1.807, 2.05) is 13.8 Å². The summed E-state index contributed by atoms with van der Waals surface area (Å²) < 4.78 is 29.0. The number of methoxy groups -OCH3 is 2. The molecule has 0 unspecified atom stereocenters. The van der Waals surface area contributed by atoms with E-state index in [2.05, 4.69) is 5.10 Å². The van der Waals surface area contributed by atoms with Crippen molar-refractivity contribution in [2.24, 2.45) is 0 Å². The smallest absolute Gasteiger partial charge is 0.311 e. The molecule has 0 N–H and O–H groups in total. The van der Waals surface area contributed by atoms with Crippen molar-refractivity contribution in [1.29, 1.82) is 0 Å². The standard InChI is InChI=1S/C25H30N2O7/c1-5-7-11-23(28)34-24-19(32-6-2)9-8-10-20(24)33-13-12-27-25(29)18-15-22(31-4)21(30-3)14-17(18)16-26-27/h8-10,14-16H,5-7,11-13H2,1-4H3. The minimum absolute atomic E-state index is 0.126. The molecule has 0 fully saturated rings. The van der Waals surface area contributed by atoms with E-state index in [1.54, 1.807) is 36.5 Å². The summed E-state index contributed by atoms with van der Waals surface area (Å²) in [6.07, 6.45) is 3.52. The first-order chi connectivity index (χ1) is 16.5. The van der Waals surface area contributed by atoms with E-state index in [9.17, 15) is 9.59 Å². The summed E-state index contributed by atoms with van der Waals surface area (Å²) >= 11 is 0. The van der Waals surface area contributed by atoms with Crippen LogP contribution in [-0.2, 0) is 11.3 Å². The zero-order valence-electron chi connectivity index (χ0n) is 20.0. The maximum Gasteiger partial charge on any atom is 0.311 e. The zero-order valence-corrected chi connectivity index (χ0v) is 20.0. The van der Waals surface area contributed by atoms with Crippen LogP contribution in [0, 0.1) is 0 Å². The van der Waals surface area contributed by atoms with Crippen molar-refractivity contribution in [3.8, 4) is 28.7 Å². The second-order valence-corrected chi connectivity index (χ2v) is 7.41. The van der Waals surface area contributed by atoms with Gasteiger partial charge >= 0.3 is 5.97 Å². The van der Waals surface area contributed by atoms with E-state index in [0.29, 0.717) is 46.8 Å². The number of rotatable bonds is 12. The maximum absolute atomic E-state index is 12.9. The number of esters is 1. The molecule has 0 amide bonds. The van der Waals surface area contributed by atoms with Crippen molar-refractivity contribution < 1.29 is 28.5 Å². The van der Waals surface area contributed by atoms with Crippen LogP contribution in [-0.4, -0.2) is 43.2 Å². The Kier molecular flexibility index (Phi) is 8.73. The van der Waals surface area contributed by atoms with Gasteiger partial charge in [-0.15, -0.1) is 0 Å². The van der Waals surface area contributed by atoms with Gasteiger partial charge in [-0.25, -0.2) is 4.68 Å². The van der Waals surface area contributed by atoms with E-state index < -0.39 is 0 Å². The largest absolute Gasteiger partial charge is 0.493 e. The zero-order chi connectivity index (χ0) is 24.5. The van der Waals surface area contributed by atoms with Crippen LogP contribution in [0.5, 0.6) is 28.7 Å². The first-order valence-electron chi connectivity index (χ1n) is 11.2. The molecule has 0 atom stereocenters. The fourth-order valence-corrected chi connectivity index (χ4v) is 3.38. The number of hydrogen-bond donors (Lipinski definition) is 0. The molecule has 3 rings (SSSR count). The molecule has 34 heavy (non-hydrogen) atoms. The molecule has 0 aliphatic carbocycles. The Labute approximate surface area is 198 Å². The SMILES string of the molecule is CCCCC(=O)Oc1c(OCC)cccc1OCCn1ncc2cc(OC)c(OC)cc2c1=O. The van der Waals surface area contributed by atoms with Gasteiger partial charge in [0.25, 0.3) is 5.56 Å². The summed E-state index contributed by atoms with van der Waals surface area (Å²) in [6.45, 7) is 4.57. The van der Waals surface area contributed by atoms with Gasteiger partial charge in [0, 0.05) is 11.8 Å². The Hall–Kier alpha value is -3.75. The number of carbonyl (C=O) groups excluding carboxylic acids is 1. The number of ether oxygens (including phenoxy) is 5. The number of carbonyl (C=O) groups is 1. The lowest BCUT2D eigenvalue weighted by atomic mass is 10.2. The van der Waals surface area contributed by atoms with Crippen LogP contribution in [0.1, 0.15) is 33.1 Å². The number of aromatic nitrogens is 2. The molecule has 3 aromatic rings. The van der Waals surface area contributed by atoms with Gasteiger partial charge in [-0.2, -0.15) is 5.10 Å². The highest BCUT2D eigenvalue weighted by molar-refractivity contribution is 5.84. The molecule has 0 aliphatic heterocycles. The normalized spacial score (nSPS) is 10.7. The predicted molar refractivity (Wildman–Crippen MR) is 127 cm³/mol. The quantitative estimate of drug-likeness (QED) is 0.290. The molecular formula is C25H30N2O7. The van der Waals surface area contributed by atoms with E-state index in [-0.39, 0.29) is 30.4 Å². The van der Waals surface area contributed by atoms with Crippen LogP contribution in [0.2, 0.25) is 0 Å². The van der Waals surface area contributed by atoms with Gasteiger partial charge in [-0.3, -0.25) is 9.59 Å². The van der Waals surface area contributed by atoms with Crippen LogP contribution in [0.3, 0.4) is 0 Å². The summed E-state index contributed by atoms with van der Waals surface area (Å²) in [4.78, 5) is 25.2. The summed E-state index contributed by atoms with van der Waals surface area (Å²) in [5.41, 5.74) is -0.281. The summed E-state index contributed by atoms with van der Waals surface area (Å²) in [7, 11) is 3.05. The number of benzene rings is 2. The van der Waals surface area contributed by atoms with Gasteiger partial charge in [0.15, 0.2) is 23.0 Å². The second-order valence-electron chi connectivity index (χ2n) is 7.41. The minimum atomic E-state index is -0.351. The first kappa shape index (κ1) is 24.9. The van der Waals surface area contributed by atoms with Gasteiger partial charge < -0.3 is 23.7 Å². The van der Waals surface area contributed by atoms with Gasteiger partial charge in [-0.05, 0) is 37.6 Å². The topological polar surface area (TPSA) is 98.1 Å². The molecule has 0 aliphatic rings. The van der Waals surface area contributed by atoms with E-state index in [0.717, 1.165) is 12.8 Å². The highest BCUT2D eigenvalue weighted by Crippen LogP contribution is 2.37. The monoisotopic (exact) mass is 470 g/mol. The van der Waals surface area contributed by atoms with Crippen molar-refractivity contribution in [3.05, 3.63) is 46.9 Å². The number of unbranched alkanes of at least 4 members (excludes halogenated alkanes) is 1. The lowest BCUT2D eigenvalue weighted by molar-refractivity contribution is -0.134. The highest BCUT2D eigenvalue weighted by Gasteiger charge is 2.17. The van der Waals surface area contributed by atoms with Crippen LogP contribution in [0.15, 0.2) is 41.3 Å². The Morgan fingerprint density at radius 2 is 1.71 bits per heavy atom. The molecular weight excluding hydrogens is 440 g/mol. The first-order valence-corrected chi connectivity index (χ1v) is 11.2. The number of fused-ring (bicyclic) bond motifs is 1. The molecule has 9 heteroatoms. The molecule has 0 saturated heterocycles. The van der Waals surface area contributed by atoms with Gasteiger partial charge in [-0.1, -0.05) is 19.4 Å². The fourth-order valence-electron chi connectivity index (χ4n) is 3.38. The Balaban J connectivity index is 1.79. The molecule has 2 aromatic carbocycles. The molecule has 0 saturated carbocycles. The molecule has 182 valence electrons. The predicted octanol–water partition coefficient (Wildman–Crippen LogP) is 3.99. The number of nitrogens with zero attached hydrogens (tertiary/aromatic N) is 2. The molecule has 0 radical (unpaired) electrons. The Morgan fingerprint density at radius 3 is 2.38 bits per heavy atom. The van der Waals surface area contributed by atoms with Crippen molar-refractivity contribution in [2.45, 2.75) is 39.7 Å². The van der Waals surface area contributed by atoms with Crippen LogP contribution >= 0.6 is 0 Å². The lowest BCUT2D eigenvalue weighted by Crippen LogP contribution is -2.25. The molecule has 1 heterocycles. The molecule has 9 nitrogen and oxygen atoms in total. The average molecular weight is 471 g/mol. The second kappa shape index (κ2) is 11.9. The molecule has 0 spiro atoms.